The van der Waals surface area contributed by atoms with Crippen LogP contribution in [0.4, 0.5) is 0 Å². The third-order valence-corrected chi connectivity index (χ3v) is 3.91. The summed E-state index contributed by atoms with van der Waals surface area (Å²) in [6.07, 6.45) is 1.01. The minimum absolute atomic E-state index is 0.0678. The summed E-state index contributed by atoms with van der Waals surface area (Å²) in [7, 11) is 0. The van der Waals surface area contributed by atoms with Crippen LogP contribution in [-0.2, 0) is 6.42 Å². The van der Waals surface area contributed by atoms with Crippen molar-refractivity contribution in [1.29, 1.82) is 0 Å². The lowest BCUT2D eigenvalue weighted by molar-refractivity contribution is 0.0696. The third kappa shape index (κ3) is 2.37. The number of hydrogen-bond acceptors (Lipinski definition) is 2. The average Bonchev–Trinajstić information content (AvgIpc) is 2.41. The monoisotopic (exact) mass is 288 g/mol. The predicted molar refractivity (Wildman–Crippen MR) is 76.8 cm³/mol. The van der Waals surface area contributed by atoms with Gasteiger partial charge < -0.3 is 9.84 Å². The van der Waals surface area contributed by atoms with Gasteiger partial charge in [0.2, 0.25) is 0 Å². The molecule has 0 radical (unpaired) electrons. The van der Waals surface area contributed by atoms with E-state index in [1.54, 1.807) is 12.1 Å². The molecule has 2 aromatic rings. The fourth-order valence-electron chi connectivity index (χ4n) is 2.47. The number of fused-ring (bicyclic) bond motifs is 1. The van der Waals surface area contributed by atoms with Crippen molar-refractivity contribution in [2.24, 2.45) is 0 Å². The Labute approximate surface area is 121 Å². The minimum atomic E-state index is -1.05. The Balaban J connectivity index is 1.68. The van der Waals surface area contributed by atoms with Crippen LogP contribution in [0.2, 0.25) is 5.02 Å². The van der Waals surface area contributed by atoms with E-state index in [9.17, 15) is 4.79 Å². The molecular formula is C16H13ClO3. The van der Waals surface area contributed by atoms with Gasteiger partial charge in [0.15, 0.2) is 0 Å². The lowest BCUT2D eigenvalue weighted by Crippen LogP contribution is -2.23. The van der Waals surface area contributed by atoms with Crippen LogP contribution in [0.3, 0.4) is 0 Å². The normalized spacial score (nSPS) is 16.1. The van der Waals surface area contributed by atoms with Gasteiger partial charge >= 0.3 is 5.97 Å². The van der Waals surface area contributed by atoms with Gasteiger partial charge in [0, 0.05) is 5.92 Å². The molecule has 0 aliphatic heterocycles. The molecule has 0 amide bonds. The first-order valence-electron chi connectivity index (χ1n) is 6.38. The van der Waals surface area contributed by atoms with E-state index in [0.717, 1.165) is 6.42 Å². The summed E-state index contributed by atoms with van der Waals surface area (Å²) in [4.78, 5) is 11.0. The fraction of sp³-hybridized carbons (Fsp3) is 0.188. The third-order valence-electron chi connectivity index (χ3n) is 3.58. The van der Waals surface area contributed by atoms with Crippen LogP contribution in [0.25, 0.3) is 0 Å². The molecule has 0 heterocycles. The molecule has 3 rings (SSSR count). The average molecular weight is 289 g/mol. The lowest BCUT2D eigenvalue weighted by Gasteiger charge is -2.29. The SMILES string of the molecule is O=C(O)c1cc(OCC2Cc3ccccc32)ccc1Cl. The topological polar surface area (TPSA) is 46.5 Å². The van der Waals surface area contributed by atoms with Gasteiger partial charge in [-0.1, -0.05) is 35.9 Å². The van der Waals surface area contributed by atoms with Crippen LogP contribution in [0.15, 0.2) is 42.5 Å². The van der Waals surface area contributed by atoms with E-state index < -0.39 is 5.97 Å². The highest BCUT2D eigenvalue weighted by Crippen LogP contribution is 2.35. The van der Waals surface area contributed by atoms with Gasteiger partial charge in [0.1, 0.15) is 5.75 Å². The molecular weight excluding hydrogens is 276 g/mol. The molecule has 4 heteroatoms. The van der Waals surface area contributed by atoms with Crippen molar-refractivity contribution in [1.82, 2.24) is 0 Å². The summed E-state index contributed by atoms with van der Waals surface area (Å²) in [6.45, 7) is 0.553. The van der Waals surface area contributed by atoms with Crippen molar-refractivity contribution >= 4 is 17.6 Å². The highest BCUT2D eigenvalue weighted by atomic mass is 35.5. The first kappa shape index (κ1) is 13.0. The van der Waals surface area contributed by atoms with Crippen molar-refractivity contribution in [3.05, 3.63) is 64.2 Å². The van der Waals surface area contributed by atoms with Gasteiger partial charge in [-0.05, 0) is 35.7 Å². The molecule has 0 bridgehead atoms. The van der Waals surface area contributed by atoms with Crippen LogP contribution in [0.5, 0.6) is 5.75 Å². The predicted octanol–water partition coefficient (Wildman–Crippen LogP) is 3.76. The van der Waals surface area contributed by atoms with E-state index in [0.29, 0.717) is 18.3 Å². The summed E-state index contributed by atoms with van der Waals surface area (Å²) in [6, 6.07) is 13.0. The number of hydrogen-bond donors (Lipinski definition) is 1. The second-order valence-corrected chi connectivity index (χ2v) is 5.26. The number of rotatable bonds is 4. The zero-order chi connectivity index (χ0) is 14.1. The maximum Gasteiger partial charge on any atom is 0.337 e. The molecule has 3 nitrogen and oxygen atoms in total. The maximum absolute atomic E-state index is 11.0. The number of carboxylic acid groups (broad SMARTS) is 1. The number of carbonyl (C=O) groups is 1. The highest BCUT2D eigenvalue weighted by Gasteiger charge is 2.25. The second-order valence-electron chi connectivity index (χ2n) is 4.86. The van der Waals surface area contributed by atoms with Gasteiger partial charge in [0.25, 0.3) is 0 Å². The van der Waals surface area contributed by atoms with Crippen molar-refractivity contribution < 1.29 is 14.6 Å². The Bertz CT molecular complexity index is 667. The first-order valence-corrected chi connectivity index (χ1v) is 6.76. The molecule has 0 spiro atoms. The van der Waals surface area contributed by atoms with Crippen LogP contribution in [-0.4, -0.2) is 17.7 Å². The van der Waals surface area contributed by atoms with E-state index in [1.165, 1.54) is 17.2 Å². The van der Waals surface area contributed by atoms with E-state index in [-0.39, 0.29) is 10.6 Å². The number of aromatic carboxylic acids is 1. The van der Waals surface area contributed by atoms with E-state index in [4.69, 9.17) is 21.4 Å². The number of halogens is 1. The van der Waals surface area contributed by atoms with Gasteiger partial charge in [-0.25, -0.2) is 4.79 Å². The van der Waals surface area contributed by atoms with Crippen LogP contribution >= 0.6 is 11.6 Å². The van der Waals surface area contributed by atoms with E-state index >= 15 is 0 Å². The smallest absolute Gasteiger partial charge is 0.337 e. The fourth-order valence-corrected chi connectivity index (χ4v) is 2.66. The molecule has 0 saturated carbocycles. The Kier molecular flexibility index (Phi) is 3.36. The van der Waals surface area contributed by atoms with Gasteiger partial charge in [-0.3, -0.25) is 0 Å². The maximum atomic E-state index is 11.0. The second kappa shape index (κ2) is 5.17. The molecule has 102 valence electrons. The van der Waals surface area contributed by atoms with Gasteiger partial charge in [-0.2, -0.15) is 0 Å². The quantitative estimate of drug-likeness (QED) is 0.932. The summed E-state index contributed by atoms with van der Waals surface area (Å²) in [5.41, 5.74) is 2.75. The van der Waals surface area contributed by atoms with Crippen molar-refractivity contribution in [3.8, 4) is 5.75 Å². The lowest BCUT2D eigenvalue weighted by atomic mass is 9.78. The van der Waals surface area contributed by atoms with Crippen LogP contribution in [0, 0.1) is 0 Å². The molecule has 0 saturated heterocycles. The summed E-state index contributed by atoms with van der Waals surface area (Å²) >= 11 is 5.82. The Morgan fingerprint density at radius 3 is 2.85 bits per heavy atom. The van der Waals surface area contributed by atoms with Crippen molar-refractivity contribution in [3.63, 3.8) is 0 Å². The Morgan fingerprint density at radius 1 is 1.30 bits per heavy atom. The van der Waals surface area contributed by atoms with Gasteiger partial charge in [0.05, 0.1) is 17.2 Å². The minimum Gasteiger partial charge on any atom is -0.493 e. The zero-order valence-corrected chi connectivity index (χ0v) is 11.4. The highest BCUT2D eigenvalue weighted by molar-refractivity contribution is 6.33. The van der Waals surface area contributed by atoms with Crippen molar-refractivity contribution in [2.45, 2.75) is 12.3 Å². The Morgan fingerprint density at radius 2 is 2.10 bits per heavy atom. The van der Waals surface area contributed by atoms with Crippen LogP contribution in [0.1, 0.15) is 27.4 Å². The van der Waals surface area contributed by atoms with Crippen LogP contribution < -0.4 is 4.74 Å². The molecule has 20 heavy (non-hydrogen) atoms. The molecule has 1 aliphatic rings. The van der Waals surface area contributed by atoms with Crippen molar-refractivity contribution in [2.75, 3.05) is 6.61 Å². The number of ether oxygens (including phenoxy) is 1. The number of benzene rings is 2. The Hall–Kier alpha value is -2.00. The molecule has 0 aromatic heterocycles. The van der Waals surface area contributed by atoms with Gasteiger partial charge in [-0.15, -0.1) is 0 Å². The molecule has 1 N–H and O–H groups in total. The summed E-state index contributed by atoms with van der Waals surface area (Å²) < 4.78 is 5.69. The summed E-state index contributed by atoms with van der Waals surface area (Å²) in [5.74, 6) is -0.124. The zero-order valence-electron chi connectivity index (χ0n) is 10.7. The standard InChI is InChI=1S/C16H13ClO3/c17-15-6-5-12(8-14(15)16(18)19)20-9-11-7-10-3-1-2-4-13(10)11/h1-6,8,11H,7,9H2,(H,18,19). The molecule has 1 atom stereocenters. The molecule has 2 aromatic carbocycles. The molecule has 1 unspecified atom stereocenters. The molecule has 0 fully saturated rings. The van der Waals surface area contributed by atoms with E-state index in [1.807, 2.05) is 12.1 Å². The summed E-state index contributed by atoms with van der Waals surface area (Å²) in [5, 5.41) is 9.24. The first-order chi connectivity index (χ1) is 9.65. The number of carboxylic acids is 1. The largest absolute Gasteiger partial charge is 0.493 e. The van der Waals surface area contributed by atoms with E-state index in [2.05, 4.69) is 12.1 Å². The molecule has 1 aliphatic carbocycles.